The first kappa shape index (κ1) is 25.2. The Labute approximate surface area is 197 Å². The van der Waals surface area contributed by atoms with Crippen LogP contribution in [0.1, 0.15) is 56.7 Å². The van der Waals surface area contributed by atoms with Crippen LogP contribution in [-0.2, 0) is 31.8 Å². The second-order valence-corrected chi connectivity index (χ2v) is 10.4. The molecule has 1 aromatic rings. The van der Waals surface area contributed by atoms with E-state index >= 15 is 0 Å². The van der Waals surface area contributed by atoms with Gasteiger partial charge in [0, 0.05) is 43.7 Å². The number of methoxy groups -OCH3 is 2. The van der Waals surface area contributed by atoms with Crippen LogP contribution in [0.4, 0.5) is 0 Å². The lowest BCUT2D eigenvalue weighted by Crippen LogP contribution is -2.50. The van der Waals surface area contributed by atoms with Crippen molar-refractivity contribution in [2.45, 2.75) is 69.1 Å². The molecule has 0 saturated heterocycles. The summed E-state index contributed by atoms with van der Waals surface area (Å²) in [4.78, 5) is 18.0. The Morgan fingerprint density at radius 1 is 1.28 bits per heavy atom. The van der Waals surface area contributed by atoms with Gasteiger partial charge in [0.2, 0.25) is 5.78 Å². The molecule has 0 spiro atoms. The van der Waals surface area contributed by atoms with E-state index < -0.39 is 5.60 Å². The topological polar surface area (TPSA) is 57.7 Å². The fourth-order valence-corrected chi connectivity index (χ4v) is 5.20. The number of rotatable bonds is 15. The molecular weight excluding hydrogens is 422 g/mol. The average molecular weight is 460 g/mol. The Balaban J connectivity index is 1.79. The molecule has 3 rings (SSSR count). The number of carbonyl (C=O) groups is 1. The van der Waals surface area contributed by atoms with E-state index in [1.165, 1.54) is 44.1 Å². The highest BCUT2D eigenvalue weighted by Crippen LogP contribution is 2.39. The van der Waals surface area contributed by atoms with E-state index in [0.717, 1.165) is 23.8 Å². The van der Waals surface area contributed by atoms with Crippen LogP contribution >= 0.6 is 11.8 Å². The molecule has 2 saturated carbocycles. The molecule has 5 nitrogen and oxygen atoms in total. The lowest BCUT2D eigenvalue weighted by atomic mass is 9.81. The molecule has 0 radical (unpaired) electrons. The van der Waals surface area contributed by atoms with Gasteiger partial charge in [0.25, 0.3) is 0 Å². The van der Waals surface area contributed by atoms with Gasteiger partial charge in [0.05, 0.1) is 0 Å². The highest BCUT2D eigenvalue weighted by atomic mass is 32.2. The second-order valence-electron chi connectivity index (χ2n) is 9.11. The number of aryl methyl sites for hydroxylation is 1. The van der Waals surface area contributed by atoms with E-state index in [1.807, 2.05) is 18.0 Å². The van der Waals surface area contributed by atoms with Crippen LogP contribution in [0, 0.1) is 23.7 Å². The van der Waals surface area contributed by atoms with Crippen LogP contribution in [0.2, 0.25) is 0 Å². The molecule has 2 aliphatic carbocycles. The van der Waals surface area contributed by atoms with Gasteiger partial charge < -0.3 is 14.2 Å². The molecule has 176 valence electrons. The molecule has 32 heavy (non-hydrogen) atoms. The molecule has 0 aromatic carbocycles. The summed E-state index contributed by atoms with van der Waals surface area (Å²) in [6, 6.07) is 4.22. The standard InChI is InChI=1S/C26H37NO4S/c1-20(18-32-24-11-12-24)26(31-19-30-3,25(28)8-5-15-29-2)17-23-16-22(13-14-27-23)7-4-6-21-9-10-21/h13-14,16,20-21,24H,4,6-7,9-12,15,17-19H2,1-3H3/t20-,26+/m0/s1. The molecule has 2 atom stereocenters. The second kappa shape index (κ2) is 12.7. The zero-order valence-electron chi connectivity index (χ0n) is 19.7. The number of thioether (sulfide) groups is 1. The van der Waals surface area contributed by atoms with Crippen LogP contribution in [0.3, 0.4) is 0 Å². The predicted molar refractivity (Wildman–Crippen MR) is 129 cm³/mol. The van der Waals surface area contributed by atoms with Gasteiger partial charge in [0.1, 0.15) is 13.4 Å². The summed E-state index contributed by atoms with van der Waals surface area (Å²) in [5.74, 6) is 7.12. The molecule has 2 aliphatic rings. The average Bonchev–Trinajstić information content (AvgIpc) is 3.71. The van der Waals surface area contributed by atoms with Gasteiger partial charge in [-0.25, -0.2) is 0 Å². The number of aromatic nitrogens is 1. The number of ether oxygens (including phenoxy) is 3. The lowest BCUT2D eigenvalue weighted by Gasteiger charge is -2.36. The summed E-state index contributed by atoms with van der Waals surface area (Å²) >= 11 is 1.92. The summed E-state index contributed by atoms with van der Waals surface area (Å²) in [5, 5.41) is 0.708. The lowest BCUT2D eigenvalue weighted by molar-refractivity contribution is -0.167. The molecule has 0 amide bonds. The number of hydrogen-bond donors (Lipinski definition) is 0. The highest BCUT2D eigenvalue weighted by molar-refractivity contribution is 8.00. The first-order valence-corrected chi connectivity index (χ1v) is 12.8. The van der Waals surface area contributed by atoms with Gasteiger partial charge in [-0.2, -0.15) is 11.8 Å². The molecule has 2 fully saturated rings. The summed E-state index contributed by atoms with van der Waals surface area (Å²) in [6.07, 6.45) is 11.1. The van der Waals surface area contributed by atoms with Crippen molar-refractivity contribution in [1.29, 1.82) is 0 Å². The minimum atomic E-state index is -1.10. The molecule has 0 unspecified atom stereocenters. The van der Waals surface area contributed by atoms with Gasteiger partial charge in [-0.3, -0.25) is 9.78 Å². The molecule has 0 N–H and O–H groups in total. The third-order valence-electron chi connectivity index (χ3n) is 6.24. The first-order chi connectivity index (χ1) is 15.6. The van der Waals surface area contributed by atoms with Crippen molar-refractivity contribution >= 4 is 17.5 Å². The number of hydrogen-bond acceptors (Lipinski definition) is 6. The SMILES string of the molecule is COCC#CC(=O)[C@](Cc1cc(CCCC2CC2)ccn1)(OCOC)[C@@H](C)CSC1CC1. The van der Waals surface area contributed by atoms with E-state index in [2.05, 4.69) is 35.9 Å². The zero-order chi connectivity index (χ0) is 22.8. The minimum Gasteiger partial charge on any atom is -0.372 e. The van der Waals surface area contributed by atoms with Crippen LogP contribution in [0.5, 0.6) is 0 Å². The third kappa shape index (κ3) is 7.88. The maximum absolute atomic E-state index is 13.4. The summed E-state index contributed by atoms with van der Waals surface area (Å²) < 4.78 is 16.4. The largest absolute Gasteiger partial charge is 0.372 e. The van der Waals surface area contributed by atoms with E-state index in [4.69, 9.17) is 14.2 Å². The normalized spacial score (nSPS) is 18.5. The Morgan fingerprint density at radius 3 is 2.78 bits per heavy atom. The fourth-order valence-electron chi connectivity index (χ4n) is 3.90. The van der Waals surface area contributed by atoms with Crippen LogP contribution < -0.4 is 0 Å². The number of carbonyl (C=O) groups excluding carboxylic acids is 1. The zero-order valence-corrected chi connectivity index (χ0v) is 20.5. The quantitative estimate of drug-likeness (QED) is 0.219. The monoisotopic (exact) mass is 459 g/mol. The summed E-state index contributed by atoms with van der Waals surface area (Å²) in [7, 11) is 3.15. The number of pyridine rings is 1. The van der Waals surface area contributed by atoms with Crippen molar-refractivity contribution in [3.05, 3.63) is 29.6 Å². The van der Waals surface area contributed by atoms with Crippen molar-refractivity contribution in [2.75, 3.05) is 33.4 Å². The van der Waals surface area contributed by atoms with Crippen LogP contribution in [-0.4, -0.2) is 55.0 Å². The number of nitrogens with zero attached hydrogens (tertiary/aromatic N) is 1. The highest BCUT2D eigenvalue weighted by Gasteiger charge is 2.45. The smallest absolute Gasteiger partial charge is 0.238 e. The maximum atomic E-state index is 13.4. The fraction of sp³-hybridized carbons (Fsp3) is 0.692. The molecule has 1 aromatic heterocycles. The van der Waals surface area contributed by atoms with Crippen LogP contribution in [0.25, 0.3) is 0 Å². The summed E-state index contributed by atoms with van der Waals surface area (Å²) in [6.45, 7) is 2.34. The predicted octanol–water partition coefficient (Wildman–Crippen LogP) is 4.47. The van der Waals surface area contributed by atoms with Gasteiger partial charge in [-0.1, -0.05) is 32.1 Å². The van der Waals surface area contributed by atoms with E-state index in [0.29, 0.717) is 11.7 Å². The molecule has 0 bridgehead atoms. The van der Waals surface area contributed by atoms with Crippen molar-refractivity contribution in [2.24, 2.45) is 11.8 Å². The maximum Gasteiger partial charge on any atom is 0.238 e. The Kier molecular flexibility index (Phi) is 10.1. The van der Waals surface area contributed by atoms with Crippen molar-refractivity contribution in [1.82, 2.24) is 4.98 Å². The number of Topliss-reactive ketones (excluding diaryl/α,β-unsaturated/α-hetero) is 1. The molecule has 0 aliphatic heterocycles. The first-order valence-electron chi connectivity index (χ1n) is 11.8. The molecule has 1 heterocycles. The Morgan fingerprint density at radius 2 is 2.09 bits per heavy atom. The van der Waals surface area contributed by atoms with E-state index in [-0.39, 0.29) is 25.1 Å². The minimum absolute atomic E-state index is 0.0343. The summed E-state index contributed by atoms with van der Waals surface area (Å²) in [5.41, 5.74) is 1.04. The van der Waals surface area contributed by atoms with Crippen molar-refractivity contribution in [3.63, 3.8) is 0 Å². The third-order valence-corrected chi connectivity index (χ3v) is 7.87. The van der Waals surface area contributed by atoms with Gasteiger partial charge in [-0.15, -0.1) is 0 Å². The Hall–Kier alpha value is -1.39. The van der Waals surface area contributed by atoms with Crippen molar-refractivity contribution < 1.29 is 19.0 Å². The van der Waals surface area contributed by atoms with E-state index in [1.54, 1.807) is 14.2 Å². The Bertz CT molecular complexity index is 797. The molecular formula is C26H37NO4S. The van der Waals surface area contributed by atoms with Gasteiger partial charge in [0.15, 0.2) is 5.60 Å². The molecule has 6 heteroatoms. The van der Waals surface area contributed by atoms with Crippen molar-refractivity contribution in [3.8, 4) is 11.8 Å². The van der Waals surface area contributed by atoms with Crippen LogP contribution in [0.15, 0.2) is 18.3 Å². The number of ketones is 1. The van der Waals surface area contributed by atoms with E-state index in [9.17, 15) is 4.79 Å². The van der Waals surface area contributed by atoms with Gasteiger partial charge in [-0.05, 0) is 61.0 Å². The van der Waals surface area contributed by atoms with Gasteiger partial charge >= 0.3 is 0 Å².